The van der Waals surface area contributed by atoms with E-state index in [-0.39, 0.29) is 11.4 Å². The fraction of sp³-hybridized carbons (Fsp3) is 0.611. The summed E-state index contributed by atoms with van der Waals surface area (Å²) in [5.41, 5.74) is 2.25. The number of carbonyl (C=O) groups excluding carboxylic acids is 1. The molecule has 1 amide bonds. The molecule has 22 heavy (non-hydrogen) atoms. The van der Waals surface area contributed by atoms with Gasteiger partial charge in [0.2, 0.25) is 5.91 Å². The van der Waals surface area contributed by atoms with E-state index < -0.39 is 0 Å². The first-order chi connectivity index (χ1) is 10.6. The Morgan fingerprint density at radius 2 is 2.00 bits per heavy atom. The van der Waals surface area contributed by atoms with Crippen LogP contribution >= 0.6 is 0 Å². The molecule has 1 fully saturated rings. The summed E-state index contributed by atoms with van der Waals surface area (Å²) in [6.07, 6.45) is 3.79. The van der Waals surface area contributed by atoms with E-state index in [0.717, 1.165) is 32.4 Å². The summed E-state index contributed by atoms with van der Waals surface area (Å²) in [6, 6.07) is 8.91. The van der Waals surface area contributed by atoms with Crippen molar-refractivity contribution < 1.29 is 4.79 Å². The van der Waals surface area contributed by atoms with E-state index >= 15 is 0 Å². The van der Waals surface area contributed by atoms with Crippen molar-refractivity contribution in [2.24, 2.45) is 0 Å². The molecule has 0 unspecified atom stereocenters. The molecule has 120 valence electrons. The van der Waals surface area contributed by atoms with Gasteiger partial charge in [-0.15, -0.1) is 0 Å². The summed E-state index contributed by atoms with van der Waals surface area (Å²) in [6.45, 7) is 7.32. The fourth-order valence-corrected chi connectivity index (χ4v) is 3.72. The van der Waals surface area contributed by atoms with Crippen molar-refractivity contribution >= 4 is 11.6 Å². The number of benzene rings is 1. The zero-order chi connectivity index (χ0) is 15.6. The summed E-state index contributed by atoms with van der Waals surface area (Å²) < 4.78 is 0. The van der Waals surface area contributed by atoms with Crippen LogP contribution in [-0.2, 0) is 11.3 Å². The number of fused-ring (bicyclic) bond motifs is 1. The van der Waals surface area contributed by atoms with Crippen LogP contribution < -0.4 is 10.6 Å². The van der Waals surface area contributed by atoms with Crippen LogP contribution in [0.5, 0.6) is 0 Å². The molecule has 1 aromatic carbocycles. The number of amides is 1. The van der Waals surface area contributed by atoms with Crippen molar-refractivity contribution in [2.75, 3.05) is 18.4 Å². The molecule has 0 aliphatic carbocycles. The lowest BCUT2D eigenvalue weighted by Gasteiger charge is -2.37. The number of hydrogen-bond donors (Lipinski definition) is 2. The lowest BCUT2D eigenvalue weighted by atomic mass is 9.85. The smallest absolute Gasteiger partial charge is 0.222 e. The van der Waals surface area contributed by atoms with Gasteiger partial charge in [0.25, 0.3) is 0 Å². The van der Waals surface area contributed by atoms with E-state index in [1.165, 1.54) is 11.3 Å². The third kappa shape index (κ3) is 3.27. The molecule has 4 heteroatoms. The molecule has 2 aliphatic rings. The van der Waals surface area contributed by atoms with Crippen molar-refractivity contribution in [3.63, 3.8) is 0 Å². The molecule has 2 N–H and O–H groups in total. The average molecular weight is 301 g/mol. The van der Waals surface area contributed by atoms with Crippen molar-refractivity contribution in [3.8, 4) is 0 Å². The normalized spacial score (nSPS) is 26.6. The van der Waals surface area contributed by atoms with Gasteiger partial charge in [-0.3, -0.25) is 4.79 Å². The Kier molecular flexibility index (Phi) is 4.39. The molecule has 1 spiro atoms. The monoisotopic (exact) mass is 301 g/mol. The topological polar surface area (TPSA) is 44.4 Å². The zero-order valence-electron chi connectivity index (χ0n) is 13.7. The second kappa shape index (κ2) is 6.29. The van der Waals surface area contributed by atoms with Gasteiger partial charge in [0.05, 0.1) is 0 Å². The van der Waals surface area contributed by atoms with Crippen molar-refractivity contribution in [1.29, 1.82) is 0 Å². The van der Waals surface area contributed by atoms with Gasteiger partial charge in [-0.25, -0.2) is 0 Å². The number of nitrogens with one attached hydrogen (secondary N) is 2. The summed E-state index contributed by atoms with van der Waals surface area (Å²) >= 11 is 0. The van der Waals surface area contributed by atoms with Crippen molar-refractivity contribution in [1.82, 2.24) is 10.2 Å². The molecule has 0 saturated carbocycles. The van der Waals surface area contributed by atoms with E-state index in [0.29, 0.717) is 19.0 Å². The van der Waals surface area contributed by atoms with Gasteiger partial charge in [0, 0.05) is 36.8 Å². The lowest BCUT2D eigenvalue weighted by molar-refractivity contribution is -0.122. The molecule has 1 aromatic rings. The average Bonchev–Trinajstić information content (AvgIpc) is 2.68. The summed E-state index contributed by atoms with van der Waals surface area (Å²) in [4.78, 5) is 14.8. The maximum atomic E-state index is 12.3. The highest BCUT2D eigenvalue weighted by Gasteiger charge is 2.36. The Morgan fingerprint density at radius 1 is 1.18 bits per heavy atom. The first-order valence-corrected chi connectivity index (χ1v) is 8.45. The standard InChI is InChI=1S/C18H27N3O/c1-14(2)21-10-5-8-18(9-11-21)12-17(22)19-13-15-6-3-4-7-16(15)20-18/h3-4,6-7,14,20H,5,8-13H2,1-2H3,(H,19,22)/t18-/m1/s1. The van der Waals surface area contributed by atoms with Gasteiger partial charge >= 0.3 is 0 Å². The molecule has 1 atom stereocenters. The molecule has 0 radical (unpaired) electrons. The fourth-order valence-electron chi connectivity index (χ4n) is 3.72. The lowest BCUT2D eigenvalue weighted by Crippen LogP contribution is -2.46. The van der Waals surface area contributed by atoms with Gasteiger partial charge in [0.1, 0.15) is 0 Å². The van der Waals surface area contributed by atoms with E-state index in [2.05, 4.69) is 47.6 Å². The van der Waals surface area contributed by atoms with Gasteiger partial charge in [-0.05, 0) is 51.3 Å². The van der Waals surface area contributed by atoms with E-state index in [9.17, 15) is 4.79 Å². The summed E-state index contributed by atoms with van der Waals surface area (Å²) in [5.74, 6) is 0.167. The minimum atomic E-state index is -0.107. The van der Waals surface area contributed by atoms with E-state index in [1.54, 1.807) is 0 Å². The minimum Gasteiger partial charge on any atom is -0.379 e. The predicted molar refractivity (Wildman–Crippen MR) is 89.8 cm³/mol. The van der Waals surface area contributed by atoms with Gasteiger partial charge in [0.15, 0.2) is 0 Å². The van der Waals surface area contributed by atoms with Crippen LogP contribution in [0.1, 0.15) is 45.1 Å². The highest BCUT2D eigenvalue weighted by Crippen LogP contribution is 2.33. The van der Waals surface area contributed by atoms with Crippen LogP contribution in [0, 0.1) is 0 Å². The number of hydrogen-bond acceptors (Lipinski definition) is 3. The summed E-state index contributed by atoms with van der Waals surface area (Å²) in [5, 5.41) is 6.83. The number of anilines is 1. The quantitative estimate of drug-likeness (QED) is 0.838. The van der Waals surface area contributed by atoms with Crippen LogP contribution in [0.3, 0.4) is 0 Å². The highest BCUT2D eigenvalue weighted by atomic mass is 16.1. The first-order valence-electron chi connectivity index (χ1n) is 8.45. The van der Waals surface area contributed by atoms with Gasteiger partial charge in [-0.2, -0.15) is 0 Å². The minimum absolute atomic E-state index is 0.107. The van der Waals surface area contributed by atoms with Crippen molar-refractivity contribution in [2.45, 2.75) is 57.7 Å². The van der Waals surface area contributed by atoms with Gasteiger partial charge < -0.3 is 15.5 Å². The number of likely N-dealkylation sites (tertiary alicyclic amines) is 1. The first kappa shape index (κ1) is 15.3. The van der Waals surface area contributed by atoms with Crippen LogP contribution in [0.25, 0.3) is 0 Å². The Hall–Kier alpha value is -1.55. The molecule has 0 bridgehead atoms. The molecule has 4 nitrogen and oxygen atoms in total. The van der Waals surface area contributed by atoms with Gasteiger partial charge in [-0.1, -0.05) is 18.2 Å². The second-order valence-electron chi connectivity index (χ2n) is 7.00. The van der Waals surface area contributed by atoms with Crippen LogP contribution in [-0.4, -0.2) is 35.5 Å². The number of nitrogens with zero attached hydrogens (tertiary/aromatic N) is 1. The maximum absolute atomic E-state index is 12.3. The van der Waals surface area contributed by atoms with Crippen LogP contribution in [0.4, 0.5) is 5.69 Å². The molecular formula is C18H27N3O. The molecule has 0 aromatic heterocycles. The Labute approximate surface area is 133 Å². The maximum Gasteiger partial charge on any atom is 0.222 e. The summed E-state index contributed by atoms with van der Waals surface area (Å²) in [7, 11) is 0. The second-order valence-corrected chi connectivity index (χ2v) is 7.00. The van der Waals surface area contributed by atoms with Crippen LogP contribution in [0.2, 0.25) is 0 Å². The van der Waals surface area contributed by atoms with E-state index in [4.69, 9.17) is 0 Å². The third-order valence-corrected chi connectivity index (χ3v) is 5.10. The number of para-hydroxylation sites is 1. The number of rotatable bonds is 1. The molecular weight excluding hydrogens is 274 g/mol. The Bertz CT molecular complexity index is 543. The van der Waals surface area contributed by atoms with Crippen molar-refractivity contribution in [3.05, 3.63) is 29.8 Å². The molecule has 2 heterocycles. The largest absolute Gasteiger partial charge is 0.379 e. The number of carbonyl (C=O) groups is 1. The Morgan fingerprint density at radius 3 is 2.82 bits per heavy atom. The SMILES string of the molecule is CC(C)N1CCC[C@@]2(CC1)CC(=O)NCc1ccccc1N2. The molecule has 3 rings (SSSR count). The Balaban J connectivity index is 1.86. The molecule has 1 saturated heterocycles. The molecule has 2 aliphatic heterocycles. The predicted octanol–water partition coefficient (Wildman–Crippen LogP) is 2.75. The zero-order valence-corrected chi connectivity index (χ0v) is 13.7. The highest BCUT2D eigenvalue weighted by molar-refractivity contribution is 5.79. The third-order valence-electron chi connectivity index (χ3n) is 5.10. The van der Waals surface area contributed by atoms with Crippen LogP contribution in [0.15, 0.2) is 24.3 Å². The van der Waals surface area contributed by atoms with E-state index in [1.807, 2.05) is 6.07 Å².